The molecule has 2 heteroatoms. The van der Waals surface area contributed by atoms with Crippen molar-refractivity contribution >= 4 is 5.97 Å². The summed E-state index contributed by atoms with van der Waals surface area (Å²) < 4.78 is 0. The zero-order chi connectivity index (χ0) is 9.56. The zero-order valence-corrected chi connectivity index (χ0v) is 8.08. The van der Waals surface area contributed by atoms with E-state index < -0.39 is 5.97 Å². The van der Waals surface area contributed by atoms with Crippen LogP contribution in [-0.4, -0.2) is 11.1 Å². The average Bonchev–Trinajstić information content (AvgIpc) is 2.00. The van der Waals surface area contributed by atoms with Gasteiger partial charge in [-0.05, 0) is 25.7 Å². The van der Waals surface area contributed by atoms with Gasteiger partial charge in [-0.1, -0.05) is 26.0 Å². The van der Waals surface area contributed by atoms with E-state index in [2.05, 4.69) is 13.0 Å². The van der Waals surface area contributed by atoms with Crippen molar-refractivity contribution in [3.8, 4) is 0 Å². The van der Waals surface area contributed by atoms with Crippen LogP contribution in [0.4, 0.5) is 0 Å². The second-order valence-electron chi connectivity index (χ2n) is 3.32. The summed E-state index contributed by atoms with van der Waals surface area (Å²) in [4.78, 5) is 10.5. The second-order valence-corrected chi connectivity index (χ2v) is 3.32. The second kappa shape index (κ2) is 5.81. The van der Waals surface area contributed by atoms with Gasteiger partial charge < -0.3 is 5.11 Å². The number of allylic oxidation sites excluding steroid dienone is 2. The number of carboxylic acids is 1. The van der Waals surface area contributed by atoms with Crippen LogP contribution < -0.4 is 0 Å². The fourth-order valence-electron chi connectivity index (χ4n) is 1.06. The molecule has 12 heavy (non-hydrogen) atoms. The highest BCUT2D eigenvalue weighted by atomic mass is 16.4. The van der Waals surface area contributed by atoms with Crippen LogP contribution in [0.15, 0.2) is 12.2 Å². The van der Waals surface area contributed by atoms with E-state index in [1.807, 2.05) is 13.0 Å². The minimum atomic E-state index is -0.692. The number of rotatable bonds is 5. The van der Waals surface area contributed by atoms with Gasteiger partial charge in [-0.15, -0.1) is 0 Å². The summed E-state index contributed by atoms with van der Waals surface area (Å²) in [6.45, 7) is 5.84. The quantitative estimate of drug-likeness (QED) is 0.644. The van der Waals surface area contributed by atoms with Crippen molar-refractivity contribution in [1.82, 2.24) is 0 Å². The summed E-state index contributed by atoms with van der Waals surface area (Å²) in [7, 11) is 0. The summed E-state index contributed by atoms with van der Waals surface area (Å²) >= 11 is 0. The summed E-state index contributed by atoms with van der Waals surface area (Å²) in [6, 6.07) is 0. The Labute approximate surface area is 74.3 Å². The first-order chi connectivity index (χ1) is 5.57. The van der Waals surface area contributed by atoms with E-state index in [-0.39, 0.29) is 5.92 Å². The van der Waals surface area contributed by atoms with Crippen molar-refractivity contribution in [3.05, 3.63) is 12.2 Å². The van der Waals surface area contributed by atoms with E-state index in [1.54, 1.807) is 6.92 Å². The summed E-state index contributed by atoms with van der Waals surface area (Å²) in [6.07, 6.45) is 5.84. The fourth-order valence-corrected chi connectivity index (χ4v) is 1.06. The molecule has 0 aromatic rings. The Hall–Kier alpha value is -0.790. The predicted molar refractivity (Wildman–Crippen MR) is 50.0 cm³/mol. The number of aliphatic carboxylic acids is 1. The molecule has 0 bridgehead atoms. The third-order valence-corrected chi connectivity index (χ3v) is 2.00. The fraction of sp³-hybridized carbons (Fsp3) is 0.700. The smallest absolute Gasteiger partial charge is 0.306 e. The molecule has 2 unspecified atom stereocenters. The van der Waals surface area contributed by atoms with Crippen LogP contribution in [0, 0.1) is 11.8 Å². The third-order valence-electron chi connectivity index (χ3n) is 2.00. The van der Waals surface area contributed by atoms with Crippen LogP contribution in [0.5, 0.6) is 0 Å². The molecule has 70 valence electrons. The number of carboxylic acid groups (broad SMARTS) is 1. The molecule has 2 atom stereocenters. The molecule has 0 rings (SSSR count). The number of hydrogen-bond donors (Lipinski definition) is 1. The molecule has 0 radical (unpaired) electrons. The van der Waals surface area contributed by atoms with Crippen molar-refractivity contribution in [2.75, 3.05) is 0 Å². The first-order valence-corrected chi connectivity index (χ1v) is 4.43. The Bertz CT molecular complexity index is 161. The SMILES string of the molecule is CC=CC(C)CCC(C)C(=O)O. The molecular weight excluding hydrogens is 152 g/mol. The number of carbonyl (C=O) groups is 1. The minimum absolute atomic E-state index is 0.210. The third kappa shape index (κ3) is 4.94. The summed E-state index contributed by atoms with van der Waals surface area (Å²) in [5, 5.41) is 8.61. The maximum absolute atomic E-state index is 10.5. The highest BCUT2D eigenvalue weighted by Crippen LogP contribution is 2.13. The highest BCUT2D eigenvalue weighted by molar-refractivity contribution is 5.69. The van der Waals surface area contributed by atoms with Gasteiger partial charge in [0.2, 0.25) is 0 Å². The standard InChI is InChI=1S/C10H18O2/c1-4-5-8(2)6-7-9(3)10(11)12/h4-5,8-9H,6-7H2,1-3H3,(H,11,12). The summed E-state index contributed by atoms with van der Waals surface area (Å²) in [5.41, 5.74) is 0. The molecule has 0 saturated carbocycles. The van der Waals surface area contributed by atoms with Crippen molar-refractivity contribution in [2.24, 2.45) is 11.8 Å². The maximum Gasteiger partial charge on any atom is 0.306 e. The molecule has 2 nitrogen and oxygen atoms in total. The predicted octanol–water partition coefficient (Wildman–Crippen LogP) is 2.70. The molecule has 0 saturated heterocycles. The molecule has 0 aliphatic carbocycles. The van der Waals surface area contributed by atoms with Crippen molar-refractivity contribution in [1.29, 1.82) is 0 Å². The van der Waals surface area contributed by atoms with Gasteiger partial charge in [-0.2, -0.15) is 0 Å². The average molecular weight is 170 g/mol. The molecule has 0 fully saturated rings. The van der Waals surface area contributed by atoms with Crippen molar-refractivity contribution < 1.29 is 9.90 Å². The van der Waals surface area contributed by atoms with Crippen LogP contribution in [0.3, 0.4) is 0 Å². The first-order valence-electron chi connectivity index (χ1n) is 4.43. The molecule has 0 aliphatic rings. The van der Waals surface area contributed by atoms with E-state index in [0.717, 1.165) is 12.8 Å². The lowest BCUT2D eigenvalue weighted by atomic mass is 9.98. The van der Waals surface area contributed by atoms with Gasteiger partial charge in [0.05, 0.1) is 5.92 Å². The van der Waals surface area contributed by atoms with Crippen molar-refractivity contribution in [3.63, 3.8) is 0 Å². The van der Waals surface area contributed by atoms with E-state index in [4.69, 9.17) is 5.11 Å². The Balaban J connectivity index is 3.60. The van der Waals surface area contributed by atoms with Gasteiger partial charge in [0.1, 0.15) is 0 Å². The molecule has 0 aliphatic heterocycles. The summed E-state index contributed by atoms with van der Waals surface area (Å²) in [5.74, 6) is -0.405. The van der Waals surface area contributed by atoms with Gasteiger partial charge in [0.25, 0.3) is 0 Å². The van der Waals surface area contributed by atoms with Gasteiger partial charge in [-0.3, -0.25) is 4.79 Å². The lowest BCUT2D eigenvalue weighted by Crippen LogP contribution is -2.10. The zero-order valence-electron chi connectivity index (χ0n) is 8.08. The van der Waals surface area contributed by atoms with Crippen LogP contribution in [-0.2, 0) is 4.79 Å². The van der Waals surface area contributed by atoms with E-state index in [9.17, 15) is 4.79 Å². The molecule has 0 amide bonds. The lowest BCUT2D eigenvalue weighted by molar-refractivity contribution is -0.141. The normalized spacial score (nSPS) is 16.2. The van der Waals surface area contributed by atoms with Gasteiger partial charge in [0, 0.05) is 0 Å². The van der Waals surface area contributed by atoms with E-state index >= 15 is 0 Å². The van der Waals surface area contributed by atoms with Crippen LogP contribution >= 0.6 is 0 Å². The van der Waals surface area contributed by atoms with Gasteiger partial charge >= 0.3 is 5.97 Å². The monoisotopic (exact) mass is 170 g/mol. The Kier molecular flexibility index (Phi) is 5.43. The van der Waals surface area contributed by atoms with Crippen LogP contribution in [0.25, 0.3) is 0 Å². The van der Waals surface area contributed by atoms with E-state index in [0.29, 0.717) is 5.92 Å². The van der Waals surface area contributed by atoms with Crippen LogP contribution in [0.1, 0.15) is 33.6 Å². The Morgan fingerprint density at radius 2 is 2.00 bits per heavy atom. The molecular formula is C10H18O2. The van der Waals surface area contributed by atoms with Crippen LogP contribution in [0.2, 0.25) is 0 Å². The van der Waals surface area contributed by atoms with Gasteiger partial charge in [0.15, 0.2) is 0 Å². The van der Waals surface area contributed by atoms with Gasteiger partial charge in [-0.25, -0.2) is 0 Å². The largest absolute Gasteiger partial charge is 0.481 e. The molecule has 0 spiro atoms. The number of hydrogen-bond acceptors (Lipinski definition) is 1. The maximum atomic E-state index is 10.5. The minimum Gasteiger partial charge on any atom is -0.481 e. The first kappa shape index (κ1) is 11.2. The Morgan fingerprint density at radius 3 is 2.42 bits per heavy atom. The molecule has 0 aromatic heterocycles. The molecule has 0 heterocycles. The lowest BCUT2D eigenvalue weighted by Gasteiger charge is -2.08. The van der Waals surface area contributed by atoms with E-state index in [1.165, 1.54) is 0 Å². The molecule has 0 aromatic carbocycles. The highest BCUT2D eigenvalue weighted by Gasteiger charge is 2.10. The van der Waals surface area contributed by atoms with Crippen molar-refractivity contribution in [2.45, 2.75) is 33.6 Å². The topological polar surface area (TPSA) is 37.3 Å². The Morgan fingerprint density at radius 1 is 1.42 bits per heavy atom. The molecule has 1 N–H and O–H groups in total.